The number of H-pyrrole nitrogens is 1. The molecule has 0 amide bonds. The normalized spacial score (nSPS) is 28.5. The van der Waals surface area contributed by atoms with Crippen LogP contribution in [0.2, 0.25) is 0 Å². The summed E-state index contributed by atoms with van der Waals surface area (Å²) in [6, 6.07) is 11.1. The lowest BCUT2D eigenvalue weighted by Crippen LogP contribution is -2.19. The molecule has 4 heteroatoms. The summed E-state index contributed by atoms with van der Waals surface area (Å²) in [6.07, 6.45) is 6.29. The number of benzene rings is 1. The third-order valence-electron chi connectivity index (χ3n) is 8.63. The second kappa shape index (κ2) is 8.09. The Balaban J connectivity index is 1.24. The average molecular weight is 442 g/mol. The van der Waals surface area contributed by atoms with Gasteiger partial charge in [0.1, 0.15) is 5.78 Å². The van der Waals surface area contributed by atoms with Gasteiger partial charge in [-0.2, -0.15) is 0 Å². The van der Waals surface area contributed by atoms with Gasteiger partial charge in [-0.15, -0.1) is 0 Å². The first-order valence-corrected chi connectivity index (χ1v) is 12.8. The maximum Gasteiger partial charge on any atom is 0.136 e. The van der Waals surface area contributed by atoms with Crippen molar-refractivity contribution in [1.29, 1.82) is 0 Å². The molecule has 1 aromatic carbocycles. The van der Waals surface area contributed by atoms with Gasteiger partial charge >= 0.3 is 0 Å². The van der Waals surface area contributed by atoms with Gasteiger partial charge < -0.3 is 10.3 Å². The van der Waals surface area contributed by atoms with Crippen molar-refractivity contribution in [1.82, 2.24) is 15.3 Å². The zero-order valence-electron chi connectivity index (χ0n) is 20.0. The minimum Gasteiger partial charge on any atom is -0.354 e. The third kappa shape index (κ3) is 3.73. The maximum absolute atomic E-state index is 13.2. The molecule has 1 saturated heterocycles. The molecule has 2 saturated carbocycles. The minimum atomic E-state index is 0.236. The Labute approximate surface area is 196 Å². The highest BCUT2D eigenvalue weighted by molar-refractivity contribution is 5.92. The Bertz CT molecular complexity index is 1210. The van der Waals surface area contributed by atoms with E-state index in [1.807, 2.05) is 13.1 Å². The first kappa shape index (κ1) is 21.1. The number of aromatic nitrogens is 2. The number of nitrogens with zero attached hydrogens (tertiary/aromatic N) is 1. The fourth-order valence-corrected chi connectivity index (χ4v) is 6.84. The summed E-state index contributed by atoms with van der Waals surface area (Å²) in [5, 5.41) is 4.84. The van der Waals surface area contributed by atoms with E-state index in [2.05, 4.69) is 59.5 Å². The number of pyridine rings is 1. The van der Waals surface area contributed by atoms with Crippen molar-refractivity contribution >= 4 is 16.7 Å². The highest BCUT2D eigenvalue weighted by Crippen LogP contribution is 2.51. The summed E-state index contributed by atoms with van der Waals surface area (Å²) < 4.78 is 0. The van der Waals surface area contributed by atoms with Crippen molar-refractivity contribution in [3.63, 3.8) is 0 Å². The second-order valence-corrected chi connectivity index (χ2v) is 11.1. The van der Waals surface area contributed by atoms with E-state index in [0.717, 1.165) is 43.5 Å². The molecule has 4 nitrogen and oxygen atoms in total. The van der Waals surface area contributed by atoms with Gasteiger partial charge in [0.2, 0.25) is 0 Å². The zero-order valence-corrected chi connectivity index (χ0v) is 20.0. The van der Waals surface area contributed by atoms with Gasteiger partial charge in [0, 0.05) is 40.7 Å². The fourth-order valence-electron chi connectivity index (χ4n) is 6.84. The Morgan fingerprint density at radius 3 is 2.85 bits per heavy atom. The predicted octanol–water partition coefficient (Wildman–Crippen LogP) is 5.97. The number of ketones is 1. The van der Waals surface area contributed by atoms with Gasteiger partial charge in [-0.05, 0) is 104 Å². The molecule has 0 radical (unpaired) electrons. The highest BCUT2D eigenvalue weighted by Gasteiger charge is 2.46. The molecule has 0 bridgehead atoms. The molecule has 3 heterocycles. The van der Waals surface area contributed by atoms with Crippen molar-refractivity contribution in [2.24, 2.45) is 23.7 Å². The van der Waals surface area contributed by atoms with Crippen LogP contribution in [0.5, 0.6) is 0 Å². The Kier molecular flexibility index (Phi) is 5.17. The number of aryl methyl sites for hydroxylation is 1. The number of fused-ring (bicyclic) bond motifs is 2. The minimum absolute atomic E-state index is 0.236. The number of nitrogens with one attached hydrogen (secondary N) is 2. The Hall–Kier alpha value is -2.46. The summed E-state index contributed by atoms with van der Waals surface area (Å²) in [6.45, 7) is 8.86. The number of hydrogen-bond donors (Lipinski definition) is 2. The number of hydrogen-bond acceptors (Lipinski definition) is 3. The van der Waals surface area contributed by atoms with Crippen molar-refractivity contribution < 1.29 is 4.79 Å². The first-order valence-electron chi connectivity index (χ1n) is 12.8. The quantitative estimate of drug-likeness (QED) is 0.495. The lowest BCUT2D eigenvalue weighted by atomic mass is 9.87. The van der Waals surface area contributed by atoms with Crippen LogP contribution in [0.3, 0.4) is 0 Å². The summed E-state index contributed by atoms with van der Waals surface area (Å²) >= 11 is 0. The van der Waals surface area contributed by atoms with Crippen molar-refractivity contribution in [3.05, 3.63) is 53.3 Å². The van der Waals surface area contributed by atoms with Crippen LogP contribution in [0.1, 0.15) is 68.2 Å². The van der Waals surface area contributed by atoms with Crippen LogP contribution < -0.4 is 5.32 Å². The van der Waals surface area contributed by atoms with Crippen molar-refractivity contribution in [2.75, 3.05) is 13.1 Å². The van der Waals surface area contributed by atoms with Gasteiger partial charge in [-0.25, -0.2) is 0 Å². The van der Waals surface area contributed by atoms with Gasteiger partial charge in [-0.1, -0.05) is 19.9 Å². The van der Waals surface area contributed by atoms with Gasteiger partial charge in [0.25, 0.3) is 0 Å². The van der Waals surface area contributed by atoms with Crippen LogP contribution in [0.4, 0.5) is 0 Å². The van der Waals surface area contributed by atoms with E-state index >= 15 is 0 Å². The molecule has 6 rings (SSSR count). The molecular formula is C29H35N3O. The summed E-state index contributed by atoms with van der Waals surface area (Å²) in [5.74, 6) is 3.74. The van der Waals surface area contributed by atoms with E-state index in [4.69, 9.17) is 0 Å². The molecular weight excluding hydrogens is 406 g/mol. The molecule has 33 heavy (non-hydrogen) atoms. The zero-order chi connectivity index (χ0) is 22.7. The average Bonchev–Trinajstić information content (AvgIpc) is 3.12. The van der Waals surface area contributed by atoms with Crippen LogP contribution in [0, 0.1) is 30.6 Å². The number of carbonyl (C=O) groups excluding carboxylic acids is 1. The van der Waals surface area contributed by atoms with Crippen LogP contribution in [0.15, 0.2) is 36.5 Å². The van der Waals surface area contributed by atoms with Crippen LogP contribution >= 0.6 is 0 Å². The topological polar surface area (TPSA) is 57.8 Å². The smallest absolute Gasteiger partial charge is 0.136 e. The second-order valence-electron chi connectivity index (χ2n) is 11.1. The molecule has 1 aliphatic heterocycles. The number of rotatable bonds is 6. The number of aromatic amines is 1. The molecule has 2 aliphatic carbocycles. The van der Waals surface area contributed by atoms with E-state index in [-0.39, 0.29) is 5.92 Å². The largest absolute Gasteiger partial charge is 0.354 e. The lowest BCUT2D eigenvalue weighted by Gasteiger charge is -2.17. The SMILES string of the molecule is Cc1cc(-c2[nH]c3ccc([C@H]4C[C@H]4C(=O)CC4CCC5CNCC54)cc3c2C(C)C)ccn1. The summed E-state index contributed by atoms with van der Waals surface area (Å²) in [5.41, 5.74) is 7.31. The van der Waals surface area contributed by atoms with Crippen LogP contribution in [0.25, 0.3) is 22.2 Å². The van der Waals surface area contributed by atoms with E-state index in [1.54, 1.807) is 0 Å². The fraction of sp³-hybridized carbons (Fsp3) is 0.517. The molecule has 3 aromatic rings. The lowest BCUT2D eigenvalue weighted by molar-refractivity contribution is -0.121. The summed E-state index contributed by atoms with van der Waals surface area (Å²) in [4.78, 5) is 21.2. The number of carbonyl (C=O) groups is 1. The number of Topliss-reactive ketones (excluding diaryl/α,β-unsaturated/α-hetero) is 1. The molecule has 3 unspecified atom stereocenters. The molecule has 3 aliphatic rings. The van der Waals surface area contributed by atoms with Gasteiger partial charge in [-0.3, -0.25) is 9.78 Å². The van der Waals surface area contributed by atoms with E-state index in [9.17, 15) is 4.79 Å². The van der Waals surface area contributed by atoms with Crippen molar-refractivity contribution in [2.45, 2.75) is 58.3 Å². The van der Waals surface area contributed by atoms with Crippen LogP contribution in [-0.2, 0) is 4.79 Å². The molecule has 0 spiro atoms. The van der Waals surface area contributed by atoms with Gasteiger partial charge in [0.15, 0.2) is 0 Å². The molecule has 172 valence electrons. The van der Waals surface area contributed by atoms with E-state index in [0.29, 0.717) is 23.5 Å². The molecule has 2 aromatic heterocycles. The Morgan fingerprint density at radius 1 is 1.15 bits per heavy atom. The third-order valence-corrected chi connectivity index (χ3v) is 8.63. The molecule has 5 atom stereocenters. The maximum atomic E-state index is 13.2. The molecule has 2 N–H and O–H groups in total. The van der Waals surface area contributed by atoms with Crippen LogP contribution in [-0.4, -0.2) is 28.8 Å². The van der Waals surface area contributed by atoms with E-state index < -0.39 is 0 Å². The van der Waals surface area contributed by atoms with Crippen molar-refractivity contribution in [3.8, 4) is 11.3 Å². The molecule has 3 fully saturated rings. The standard InChI is InChI=1S/C29H35N3O/c1-16(2)28-24-11-18(6-7-26(24)32-29(28)20-8-9-31-17(3)10-20)22-13-23(22)27(33)12-19-4-5-21-14-30-15-25(19)21/h6-11,16,19,21-23,25,30,32H,4-5,12-15H2,1-3H3/t19?,21?,22-,23-,25?/m1/s1. The summed E-state index contributed by atoms with van der Waals surface area (Å²) in [7, 11) is 0. The highest BCUT2D eigenvalue weighted by atomic mass is 16.1. The predicted molar refractivity (Wildman–Crippen MR) is 133 cm³/mol. The first-order chi connectivity index (χ1) is 16.0. The monoisotopic (exact) mass is 441 g/mol. The van der Waals surface area contributed by atoms with E-state index in [1.165, 1.54) is 46.1 Å². The Morgan fingerprint density at radius 2 is 2.03 bits per heavy atom. The van der Waals surface area contributed by atoms with Gasteiger partial charge in [0.05, 0.1) is 5.69 Å².